The normalized spacial score (nSPS) is 9.68. The third-order valence-corrected chi connectivity index (χ3v) is 2.78. The van der Waals surface area contributed by atoms with Crippen LogP contribution in [0.15, 0.2) is 35.4 Å². The Bertz CT molecular complexity index is 413. The molecule has 0 aliphatic rings. The van der Waals surface area contributed by atoms with Gasteiger partial charge in [0.2, 0.25) is 5.91 Å². The lowest BCUT2D eigenvalue weighted by Gasteiger charge is -2.04. The molecular weight excluding hydrogens is 240 g/mol. The number of hydrogen-bond acceptors (Lipinski definition) is 2. The Morgan fingerprint density at radius 3 is 2.53 bits per heavy atom. The second-order valence-corrected chi connectivity index (χ2v) is 4.39. The van der Waals surface area contributed by atoms with Crippen molar-refractivity contribution in [2.24, 2.45) is 5.11 Å². The maximum Gasteiger partial charge on any atom is 0.224 e. The van der Waals surface area contributed by atoms with Crippen molar-refractivity contribution in [3.8, 4) is 0 Å². The number of para-hydroxylation sites is 1. The molecule has 0 bridgehead atoms. The quantitative estimate of drug-likeness (QED) is 0.306. The Morgan fingerprint density at radius 2 is 1.79 bits per heavy atom. The third kappa shape index (κ3) is 7.84. The topological polar surface area (TPSA) is 77.9 Å². The molecule has 1 rings (SSSR count). The highest BCUT2D eigenvalue weighted by Gasteiger charge is 2.01. The van der Waals surface area contributed by atoms with Gasteiger partial charge in [-0.2, -0.15) is 0 Å². The largest absolute Gasteiger partial charge is 0.326 e. The molecule has 19 heavy (non-hydrogen) atoms. The summed E-state index contributed by atoms with van der Waals surface area (Å²) in [5, 5.41) is 6.35. The smallest absolute Gasteiger partial charge is 0.224 e. The number of anilines is 1. The summed E-state index contributed by atoms with van der Waals surface area (Å²) in [5.74, 6) is 0.0697. The monoisotopic (exact) mass is 260 g/mol. The molecule has 1 aromatic rings. The molecule has 1 aromatic carbocycles. The molecule has 0 heterocycles. The third-order valence-electron chi connectivity index (χ3n) is 2.78. The van der Waals surface area contributed by atoms with E-state index >= 15 is 0 Å². The number of hydrogen-bond donors (Lipinski definition) is 1. The minimum atomic E-state index is 0.0697. The number of azide groups is 1. The fourth-order valence-corrected chi connectivity index (χ4v) is 1.79. The molecule has 0 saturated carbocycles. The van der Waals surface area contributed by atoms with Gasteiger partial charge in [0.15, 0.2) is 0 Å². The fourth-order valence-electron chi connectivity index (χ4n) is 1.79. The van der Waals surface area contributed by atoms with Crippen molar-refractivity contribution < 1.29 is 4.79 Å². The maximum absolute atomic E-state index is 11.6. The minimum absolute atomic E-state index is 0.0697. The molecule has 0 atom stereocenters. The van der Waals surface area contributed by atoms with Crippen molar-refractivity contribution in [2.45, 2.75) is 38.5 Å². The van der Waals surface area contributed by atoms with Crippen molar-refractivity contribution >= 4 is 11.6 Å². The number of carbonyl (C=O) groups is 1. The van der Waals surface area contributed by atoms with Gasteiger partial charge in [0, 0.05) is 23.6 Å². The first-order chi connectivity index (χ1) is 9.33. The highest BCUT2D eigenvalue weighted by atomic mass is 16.1. The summed E-state index contributed by atoms with van der Waals surface area (Å²) in [5.41, 5.74) is 8.95. The van der Waals surface area contributed by atoms with Crippen LogP contribution in [0.25, 0.3) is 10.4 Å². The first-order valence-corrected chi connectivity index (χ1v) is 6.68. The predicted molar refractivity (Wildman–Crippen MR) is 76.8 cm³/mol. The number of benzene rings is 1. The van der Waals surface area contributed by atoms with E-state index in [9.17, 15) is 4.79 Å². The van der Waals surface area contributed by atoms with Crippen molar-refractivity contribution in [1.29, 1.82) is 0 Å². The van der Waals surface area contributed by atoms with Crippen LogP contribution in [0.3, 0.4) is 0 Å². The molecule has 0 aliphatic heterocycles. The van der Waals surface area contributed by atoms with E-state index in [1.807, 2.05) is 30.3 Å². The van der Waals surface area contributed by atoms with E-state index < -0.39 is 0 Å². The Balaban J connectivity index is 2.00. The van der Waals surface area contributed by atoms with Crippen LogP contribution in [0.1, 0.15) is 38.5 Å². The molecule has 0 saturated heterocycles. The number of rotatable bonds is 9. The summed E-state index contributed by atoms with van der Waals surface area (Å²) < 4.78 is 0. The van der Waals surface area contributed by atoms with Crippen LogP contribution in [-0.4, -0.2) is 12.5 Å². The van der Waals surface area contributed by atoms with Gasteiger partial charge in [0.1, 0.15) is 0 Å². The van der Waals surface area contributed by atoms with E-state index in [0.29, 0.717) is 13.0 Å². The second-order valence-electron chi connectivity index (χ2n) is 4.39. The lowest BCUT2D eigenvalue weighted by atomic mass is 10.1. The maximum atomic E-state index is 11.6. The van der Waals surface area contributed by atoms with E-state index in [4.69, 9.17) is 5.53 Å². The van der Waals surface area contributed by atoms with Crippen LogP contribution in [0.4, 0.5) is 5.69 Å². The molecule has 0 unspecified atom stereocenters. The van der Waals surface area contributed by atoms with E-state index in [0.717, 1.165) is 37.8 Å². The highest BCUT2D eigenvalue weighted by molar-refractivity contribution is 5.90. The number of nitrogens with zero attached hydrogens (tertiary/aromatic N) is 3. The Morgan fingerprint density at radius 1 is 1.11 bits per heavy atom. The number of carbonyl (C=O) groups excluding carboxylic acids is 1. The molecule has 1 amide bonds. The van der Waals surface area contributed by atoms with E-state index in [2.05, 4.69) is 15.3 Å². The van der Waals surface area contributed by atoms with E-state index in [-0.39, 0.29) is 5.91 Å². The first-order valence-electron chi connectivity index (χ1n) is 6.68. The average molecular weight is 260 g/mol. The van der Waals surface area contributed by atoms with Crippen LogP contribution in [0, 0.1) is 0 Å². The molecule has 0 aromatic heterocycles. The second kappa shape index (κ2) is 9.97. The van der Waals surface area contributed by atoms with Gasteiger partial charge in [-0.25, -0.2) is 0 Å². The molecule has 102 valence electrons. The number of nitrogens with one attached hydrogen (secondary N) is 1. The molecule has 0 radical (unpaired) electrons. The van der Waals surface area contributed by atoms with Crippen LogP contribution in [-0.2, 0) is 4.79 Å². The van der Waals surface area contributed by atoms with E-state index in [1.54, 1.807) is 0 Å². The summed E-state index contributed by atoms with van der Waals surface area (Å²) in [6.07, 6.45) is 5.57. The van der Waals surface area contributed by atoms with Crippen molar-refractivity contribution in [3.05, 3.63) is 40.8 Å². The van der Waals surface area contributed by atoms with Gasteiger partial charge >= 0.3 is 0 Å². The van der Waals surface area contributed by atoms with Crippen molar-refractivity contribution in [1.82, 2.24) is 0 Å². The molecule has 0 spiro atoms. The van der Waals surface area contributed by atoms with E-state index in [1.165, 1.54) is 0 Å². The SMILES string of the molecule is [N-]=[N+]=NCCCCCCCC(=O)Nc1ccccc1. The van der Waals surface area contributed by atoms with Crippen LogP contribution in [0.5, 0.6) is 0 Å². The molecular formula is C14H20N4O. The van der Waals surface area contributed by atoms with Gasteiger partial charge in [0.25, 0.3) is 0 Å². The van der Waals surface area contributed by atoms with Gasteiger partial charge in [-0.15, -0.1) is 0 Å². The molecule has 1 N–H and O–H groups in total. The van der Waals surface area contributed by atoms with Crippen LogP contribution in [0.2, 0.25) is 0 Å². The zero-order valence-electron chi connectivity index (χ0n) is 11.1. The van der Waals surface area contributed by atoms with Gasteiger partial charge in [0.05, 0.1) is 0 Å². The molecule has 5 heteroatoms. The van der Waals surface area contributed by atoms with Crippen molar-refractivity contribution in [2.75, 3.05) is 11.9 Å². The first kappa shape index (κ1) is 15.1. The summed E-state index contributed by atoms with van der Waals surface area (Å²) in [6.45, 7) is 0.574. The Hall–Kier alpha value is -2.00. The zero-order valence-corrected chi connectivity index (χ0v) is 11.1. The lowest BCUT2D eigenvalue weighted by Crippen LogP contribution is -2.10. The number of amides is 1. The standard InChI is InChI=1S/C14H20N4O/c15-18-16-12-8-3-1-2-7-11-14(19)17-13-9-5-4-6-10-13/h4-6,9-10H,1-3,7-8,11-12H2,(H,17,19). The summed E-state index contributed by atoms with van der Waals surface area (Å²) in [4.78, 5) is 14.3. The molecule has 0 fully saturated rings. The number of unbranched alkanes of at least 4 members (excludes halogenated alkanes) is 4. The van der Waals surface area contributed by atoms with Gasteiger partial charge in [-0.3, -0.25) is 4.79 Å². The zero-order chi connectivity index (χ0) is 13.8. The average Bonchev–Trinajstić information content (AvgIpc) is 2.43. The predicted octanol–water partition coefficient (Wildman–Crippen LogP) is 4.28. The highest BCUT2D eigenvalue weighted by Crippen LogP contribution is 2.09. The Labute approximate surface area is 113 Å². The molecule has 5 nitrogen and oxygen atoms in total. The summed E-state index contributed by atoms with van der Waals surface area (Å²) in [7, 11) is 0. The minimum Gasteiger partial charge on any atom is -0.326 e. The van der Waals surface area contributed by atoms with Gasteiger partial charge in [-0.05, 0) is 30.5 Å². The van der Waals surface area contributed by atoms with Crippen LogP contribution >= 0.6 is 0 Å². The van der Waals surface area contributed by atoms with Gasteiger partial charge in [-0.1, -0.05) is 42.6 Å². The summed E-state index contributed by atoms with van der Waals surface area (Å²) >= 11 is 0. The summed E-state index contributed by atoms with van der Waals surface area (Å²) in [6, 6.07) is 9.49. The van der Waals surface area contributed by atoms with Gasteiger partial charge < -0.3 is 5.32 Å². The fraction of sp³-hybridized carbons (Fsp3) is 0.500. The lowest BCUT2D eigenvalue weighted by molar-refractivity contribution is -0.116. The molecule has 0 aliphatic carbocycles. The van der Waals surface area contributed by atoms with Crippen LogP contribution < -0.4 is 5.32 Å². The Kier molecular flexibility index (Phi) is 7.90. The van der Waals surface area contributed by atoms with Crippen molar-refractivity contribution in [3.63, 3.8) is 0 Å².